The molecule has 1 aromatic carbocycles. The lowest BCUT2D eigenvalue weighted by atomic mass is 9.72. The van der Waals surface area contributed by atoms with Gasteiger partial charge in [0.25, 0.3) is 0 Å². The first kappa shape index (κ1) is 13.8. The Kier molecular flexibility index (Phi) is 3.44. The van der Waals surface area contributed by atoms with Crippen molar-refractivity contribution in [2.45, 2.75) is 43.4 Å². The van der Waals surface area contributed by atoms with E-state index in [0.717, 1.165) is 24.8 Å². The maximum atomic E-state index is 12.3. The maximum absolute atomic E-state index is 12.3. The zero-order valence-corrected chi connectivity index (χ0v) is 12.5. The molecule has 0 N–H and O–H groups in total. The summed E-state index contributed by atoms with van der Waals surface area (Å²) in [6, 6.07) is 7.19. The highest BCUT2D eigenvalue weighted by atomic mass is 32.2. The molecule has 1 aromatic rings. The predicted octanol–water partition coefficient (Wildman–Crippen LogP) is 2.95. The Morgan fingerprint density at radius 3 is 2.70 bits per heavy atom. The molecule has 1 fully saturated rings. The van der Waals surface area contributed by atoms with Crippen LogP contribution in [0.5, 0.6) is 0 Å². The molecule has 3 nitrogen and oxygen atoms in total. The van der Waals surface area contributed by atoms with Gasteiger partial charge in [-0.15, -0.1) is 0 Å². The Labute approximate surface area is 120 Å². The summed E-state index contributed by atoms with van der Waals surface area (Å²) in [6.45, 7) is 2.15. The van der Waals surface area contributed by atoms with Gasteiger partial charge in [0.1, 0.15) is 5.78 Å². The van der Waals surface area contributed by atoms with Crippen LogP contribution in [0.4, 0.5) is 0 Å². The third-order valence-electron chi connectivity index (χ3n) is 4.92. The second kappa shape index (κ2) is 4.99. The highest BCUT2D eigenvalue weighted by Gasteiger charge is 2.43. The summed E-state index contributed by atoms with van der Waals surface area (Å²) in [5, 5.41) is 0. The largest absolute Gasteiger partial charge is 0.299 e. The van der Waals surface area contributed by atoms with Gasteiger partial charge < -0.3 is 0 Å². The van der Waals surface area contributed by atoms with Crippen LogP contribution in [0.3, 0.4) is 0 Å². The van der Waals surface area contributed by atoms with Gasteiger partial charge in [-0.3, -0.25) is 4.79 Å². The maximum Gasteiger partial charge on any atom is 0.179 e. The van der Waals surface area contributed by atoms with Crippen molar-refractivity contribution in [3.8, 4) is 0 Å². The molecule has 1 aliphatic carbocycles. The number of carbonyl (C=O) groups excluding carboxylic acids is 1. The monoisotopic (exact) mass is 292 g/mol. The molecule has 2 aliphatic rings. The third-order valence-corrected chi connectivity index (χ3v) is 6.76. The molecule has 3 atom stereocenters. The summed E-state index contributed by atoms with van der Waals surface area (Å²) < 4.78 is 24.5. The standard InChI is InChI=1S/C16H20O3S/c1-2-11-7-8-15(17)13(9-11)14-10-20(18,19)16-6-4-3-5-12(14)16/h3-6,11,13-14H,2,7-10H2,1H3. The van der Waals surface area contributed by atoms with E-state index in [2.05, 4.69) is 6.92 Å². The molecular formula is C16H20O3S. The van der Waals surface area contributed by atoms with Gasteiger partial charge in [0, 0.05) is 18.3 Å². The van der Waals surface area contributed by atoms with Crippen LogP contribution in [-0.4, -0.2) is 20.0 Å². The number of ketones is 1. The van der Waals surface area contributed by atoms with Crippen LogP contribution in [0.2, 0.25) is 0 Å². The minimum atomic E-state index is -3.20. The summed E-state index contributed by atoms with van der Waals surface area (Å²) in [7, 11) is -3.20. The number of sulfone groups is 1. The van der Waals surface area contributed by atoms with Crippen molar-refractivity contribution >= 4 is 15.6 Å². The Morgan fingerprint density at radius 1 is 1.20 bits per heavy atom. The SMILES string of the molecule is CCC1CCC(=O)C(C2CS(=O)(=O)c3ccccc32)C1. The van der Waals surface area contributed by atoms with Crippen molar-refractivity contribution in [2.75, 3.05) is 5.75 Å². The lowest BCUT2D eigenvalue weighted by Crippen LogP contribution is -2.30. The number of fused-ring (bicyclic) bond motifs is 1. The van der Waals surface area contributed by atoms with Crippen LogP contribution >= 0.6 is 0 Å². The van der Waals surface area contributed by atoms with Crippen LogP contribution in [0, 0.1) is 11.8 Å². The highest BCUT2D eigenvalue weighted by molar-refractivity contribution is 7.91. The molecule has 3 rings (SSSR count). The number of hydrogen-bond donors (Lipinski definition) is 0. The molecule has 108 valence electrons. The molecule has 20 heavy (non-hydrogen) atoms. The van der Waals surface area contributed by atoms with Gasteiger partial charge in [-0.05, 0) is 30.4 Å². The third kappa shape index (κ3) is 2.20. The van der Waals surface area contributed by atoms with Gasteiger partial charge in [0.15, 0.2) is 9.84 Å². The first-order chi connectivity index (χ1) is 9.53. The summed E-state index contributed by atoms with van der Waals surface area (Å²) in [4.78, 5) is 12.7. The van der Waals surface area contributed by atoms with Crippen LogP contribution in [0.1, 0.15) is 44.1 Å². The van der Waals surface area contributed by atoms with E-state index in [9.17, 15) is 13.2 Å². The fraction of sp³-hybridized carbons (Fsp3) is 0.562. The second-order valence-electron chi connectivity index (χ2n) is 6.05. The first-order valence-electron chi connectivity index (χ1n) is 7.37. The molecule has 3 unspecified atom stereocenters. The predicted molar refractivity (Wildman–Crippen MR) is 77.4 cm³/mol. The molecule has 0 radical (unpaired) electrons. The van der Waals surface area contributed by atoms with Crippen molar-refractivity contribution in [1.29, 1.82) is 0 Å². The van der Waals surface area contributed by atoms with Crippen LogP contribution in [-0.2, 0) is 14.6 Å². The Morgan fingerprint density at radius 2 is 1.95 bits per heavy atom. The van der Waals surface area contributed by atoms with Gasteiger partial charge in [0.2, 0.25) is 0 Å². The fourth-order valence-corrected chi connectivity index (χ4v) is 5.65. The molecule has 4 heteroatoms. The number of Topliss-reactive ketones (excluding diaryl/α,β-unsaturated/α-hetero) is 1. The van der Waals surface area contributed by atoms with Gasteiger partial charge in [-0.2, -0.15) is 0 Å². The van der Waals surface area contributed by atoms with Crippen molar-refractivity contribution < 1.29 is 13.2 Å². The molecule has 0 bridgehead atoms. The molecule has 0 amide bonds. The average molecular weight is 292 g/mol. The van der Waals surface area contributed by atoms with E-state index in [0.29, 0.717) is 17.2 Å². The fourth-order valence-electron chi connectivity index (χ4n) is 3.72. The average Bonchev–Trinajstić information content (AvgIpc) is 2.72. The van der Waals surface area contributed by atoms with E-state index >= 15 is 0 Å². The van der Waals surface area contributed by atoms with Crippen LogP contribution in [0.25, 0.3) is 0 Å². The van der Waals surface area contributed by atoms with E-state index in [1.54, 1.807) is 12.1 Å². The summed E-state index contributed by atoms with van der Waals surface area (Å²) in [5.74, 6) is 0.698. The number of benzene rings is 1. The number of hydrogen-bond acceptors (Lipinski definition) is 3. The quantitative estimate of drug-likeness (QED) is 0.842. The molecule has 0 saturated heterocycles. The Bertz CT molecular complexity index is 633. The molecular weight excluding hydrogens is 272 g/mol. The number of carbonyl (C=O) groups is 1. The lowest BCUT2D eigenvalue weighted by molar-refractivity contribution is -0.126. The Hall–Kier alpha value is -1.16. The molecule has 0 spiro atoms. The van der Waals surface area contributed by atoms with E-state index in [1.165, 1.54) is 0 Å². The smallest absolute Gasteiger partial charge is 0.179 e. The van der Waals surface area contributed by atoms with E-state index in [4.69, 9.17) is 0 Å². The van der Waals surface area contributed by atoms with Crippen molar-refractivity contribution in [2.24, 2.45) is 11.8 Å². The molecule has 1 aliphatic heterocycles. The normalized spacial score (nSPS) is 32.0. The topological polar surface area (TPSA) is 51.2 Å². The van der Waals surface area contributed by atoms with Gasteiger partial charge in [0.05, 0.1) is 10.6 Å². The molecule has 1 saturated carbocycles. The van der Waals surface area contributed by atoms with Gasteiger partial charge >= 0.3 is 0 Å². The highest BCUT2D eigenvalue weighted by Crippen LogP contribution is 2.44. The molecule has 0 aromatic heterocycles. The van der Waals surface area contributed by atoms with Crippen molar-refractivity contribution in [3.05, 3.63) is 29.8 Å². The zero-order valence-electron chi connectivity index (χ0n) is 11.7. The summed E-state index contributed by atoms with van der Waals surface area (Å²) in [5.41, 5.74) is 0.864. The second-order valence-corrected chi connectivity index (χ2v) is 8.05. The number of rotatable bonds is 2. The van der Waals surface area contributed by atoms with Crippen LogP contribution in [0.15, 0.2) is 29.2 Å². The van der Waals surface area contributed by atoms with Gasteiger partial charge in [-0.25, -0.2) is 8.42 Å². The lowest BCUT2D eigenvalue weighted by Gasteiger charge is -2.31. The minimum Gasteiger partial charge on any atom is -0.299 e. The minimum absolute atomic E-state index is 0.105. The van der Waals surface area contributed by atoms with E-state index in [1.807, 2.05) is 12.1 Å². The first-order valence-corrected chi connectivity index (χ1v) is 9.02. The Balaban J connectivity index is 1.97. The van der Waals surface area contributed by atoms with E-state index < -0.39 is 9.84 Å². The van der Waals surface area contributed by atoms with Gasteiger partial charge in [-0.1, -0.05) is 31.5 Å². The summed E-state index contributed by atoms with van der Waals surface area (Å²) >= 11 is 0. The van der Waals surface area contributed by atoms with Crippen molar-refractivity contribution in [3.63, 3.8) is 0 Å². The van der Waals surface area contributed by atoms with Crippen LogP contribution < -0.4 is 0 Å². The van der Waals surface area contributed by atoms with E-state index in [-0.39, 0.29) is 23.4 Å². The van der Waals surface area contributed by atoms with Crippen molar-refractivity contribution in [1.82, 2.24) is 0 Å². The summed E-state index contributed by atoms with van der Waals surface area (Å²) in [6.07, 6.45) is 3.50. The zero-order chi connectivity index (χ0) is 14.3. The molecule has 1 heterocycles.